The monoisotopic (exact) mass is 583 g/mol. The summed E-state index contributed by atoms with van der Waals surface area (Å²) in [5.41, 5.74) is -1.41. The summed E-state index contributed by atoms with van der Waals surface area (Å²) >= 11 is 0. The zero-order chi connectivity index (χ0) is 29.4. The van der Waals surface area contributed by atoms with E-state index in [0.717, 1.165) is 0 Å². The first-order chi connectivity index (χ1) is 18.0. The highest BCUT2D eigenvalue weighted by molar-refractivity contribution is 7.85. The van der Waals surface area contributed by atoms with Crippen molar-refractivity contribution >= 4 is 35.4 Å². The lowest BCUT2D eigenvalue weighted by atomic mass is 9.97. The van der Waals surface area contributed by atoms with Crippen LogP contribution in [0, 0.1) is 10.8 Å². The first-order valence-corrected chi connectivity index (χ1v) is 15.1. The number of esters is 2. The summed E-state index contributed by atoms with van der Waals surface area (Å²) in [6.07, 6.45) is 0.774. The Morgan fingerprint density at radius 1 is 0.872 bits per heavy atom. The predicted molar refractivity (Wildman–Crippen MR) is 146 cm³/mol. The number of carbonyl (C=O) groups excluding carboxylic acids is 2. The van der Waals surface area contributed by atoms with Crippen LogP contribution in [0.1, 0.15) is 59.9 Å². The lowest BCUT2D eigenvalue weighted by Gasteiger charge is -2.23. The van der Waals surface area contributed by atoms with Gasteiger partial charge in [-0.1, -0.05) is 34.9 Å². The van der Waals surface area contributed by atoms with Gasteiger partial charge in [-0.05, 0) is 83.6 Å². The molecule has 12 heteroatoms. The molecule has 0 saturated carbocycles. The topological polar surface area (TPSA) is 142 Å². The number of benzene rings is 2. The molecule has 214 valence electrons. The third-order valence-electron chi connectivity index (χ3n) is 5.15. The van der Waals surface area contributed by atoms with Crippen LogP contribution in [0.5, 0.6) is 11.5 Å². The molecule has 1 atom stereocenters. The van der Waals surface area contributed by atoms with E-state index in [0.29, 0.717) is 17.7 Å². The minimum atomic E-state index is -4.12. The summed E-state index contributed by atoms with van der Waals surface area (Å²) in [5.74, 6) is -1.24. The van der Waals surface area contributed by atoms with Gasteiger partial charge in [-0.3, -0.25) is 14.1 Å². The molecule has 2 aromatic carbocycles. The number of hydrogen-bond acceptors (Lipinski definition) is 9. The molecule has 0 aliphatic heterocycles. The minimum Gasteiger partial charge on any atom is -0.452 e. The number of ether oxygens (including phenoxy) is 3. The Morgan fingerprint density at radius 2 is 1.44 bits per heavy atom. The van der Waals surface area contributed by atoms with E-state index in [2.05, 4.69) is 0 Å². The maximum atomic E-state index is 13.7. The molecule has 10 nitrogen and oxygen atoms in total. The van der Waals surface area contributed by atoms with Crippen LogP contribution in [0.4, 0.5) is 0 Å². The van der Waals surface area contributed by atoms with Crippen molar-refractivity contribution in [3.05, 3.63) is 54.1 Å². The van der Waals surface area contributed by atoms with Crippen molar-refractivity contribution < 1.29 is 45.9 Å². The smallest absolute Gasteiger partial charge is 0.452 e. The molecule has 0 aromatic heterocycles. The number of hydrogen-bond donors (Lipinski definition) is 1. The van der Waals surface area contributed by atoms with Gasteiger partial charge >= 0.3 is 26.4 Å². The minimum absolute atomic E-state index is 0.131. The van der Waals surface area contributed by atoms with Gasteiger partial charge in [0.2, 0.25) is 0 Å². The average Bonchev–Trinajstić information content (AvgIpc) is 2.80. The molecule has 2 rings (SSSR count). The van der Waals surface area contributed by atoms with Crippen LogP contribution in [0.2, 0.25) is 0 Å². The fourth-order valence-corrected chi connectivity index (χ4v) is 4.64. The first-order valence-electron chi connectivity index (χ1n) is 12.3. The molecule has 0 spiro atoms. The van der Waals surface area contributed by atoms with E-state index in [1.54, 1.807) is 90.1 Å². The summed E-state index contributed by atoms with van der Waals surface area (Å²) < 4.78 is 67.0. The molecule has 0 amide bonds. The largest absolute Gasteiger partial charge is 0.560 e. The van der Waals surface area contributed by atoms with Gasteiger partial charge in [0, 0.05) is 5.56 Å². The standard InChI is InChI=1S/C27H35O10PS/c1-26(2,3)23(28)35-25(36-24(29)27(4,5)6)37-38(30)22-19(13-10-11-18-39(31,32)33)14-12-17-21(22)34-20-15-8-7-9-16-20/h7-9,12,14-17,25H,10-11,13,18H2,1-6H3/p+1. The van der Waals surface area contributed by atoms with Gasteiger partial charge in [0.05, 0.1) is 16.6 Å². The normalized spacial score (nSPS) is 12.7. The fourth-order valence-electron chi connectivity index (χ4n) is 3.00. The van der Waals surface area contributed by atoms with Crippen LogP contribution in [0.15, 0.2) is 48.5 Å². The molecule has 0 aliphatic rings. The van der Waals surface area contributed by atoms with E-state index < -0.39 is 53.1 Å². The van der Waals surface area contributed by atoms with Crippen LogP contribution in [-0.4, -0.2) is 37.1 Å². The predicted octanol–water partition coefficient (Wildman–Crippen LogP) is 5.54. The molecule has 0 saturated heterocycles. The Bertz CT molecular complexity index is 1230. The zero-order valence-electron chi connectivity index (χ0n) is 23.0. The average molecular weight is 584 g/mol. The number of aryl methyl sites for hydroxylation is 1. The van der Waals surface area contributed by atoms with Gasteiger partial charge in [0.25, 0.3) is 15.4 Å². The fraction of sp³-hybridized carbons (Fsp3) is 0.481. The molecule has 1 unspecified atom stereocenters. The van der Waals surface area contributed by atoms with Gasteiger partial charge < -0.3 is 14.2 Å². The summed E-state index contributed by atoms with van der Waals surface area (Å²) in [7, 11) is -6.95. The summed E-state index contributed by atoms with van der Waals surface area (Å²) in [4.78, 5) is 25.1. The van der Waals surface area contributed by atoms with Crippen molar-refractivity contribution in [2.45, 2.75) is 67.3 Å². The third-order valence-corrected chi connectivity index (χ3v) is 7.19. The van der Waals surface area contributed by atoms with E-state index in [1.165, 1.54) is 0 Å². The van der Waals surface area contributed by atoms with Gasteiger partial charge in [-0.25, -0.2) is 0 Å². The van der Waals surface area contributed by atoms with E-state index in [4.69, 9.17) is 23.3 Å². The number of rotatable bonds is 12. The Kier molecular flexibility index (Phi) is 11.2. The van der Waals surface area contributed by atoms with Crippen LogP contribution < -0.4 is 10.0 Å². The Labute approximate surface area is 230 Å². The van der Waals surface area contributed by atoms with E-state index in [1.807, 2.05) is 0 Å². The zero-order valence-corrected chi connectivity index (χ0v) is 24.7. The van der Waals surface area contributed by atoms with Crippen LogP contribution in [0.3, 0.4) is 0 Å². The quantitative estimate of drug-likeness (QED) is 0.111. The van der Waals surface area contributed by atoms with Crippen molar-refractivity contribution in [2.75, 3.05) is 5.75 Å². The summed E-state index contributed by atoms with van der Waals surface area (Å²) in [6, 6.07) is 13.7. The van der Waals surface area contributed by atoms with Crippen molar-refractivity contribution in [2.24, 2.45) is 10.8 Å². The lowest BCUT2D eigenvalue weighted by molar-refractivity contribution is -0.243. The summed E-state index contributed by atoms with van der Waals surface area (Å²) in [6.45, 7) is 7.72. The maximum Gasteiger partial charge on any atom is 0.560 e. The maximum absolute atomic E-state index is 13.7. The molecule has 39 heavy (non-hydrogen) atoms. The Morgan fingerprint density at radius 3 is 1.95 bits per heavy atom. The number of unbranched alkanes of at least 4 members (excludes halogenated alkanes) is 1. The van der Waals surface area contributed by atoms with Crippen LogP contribution in [0.25, 0.3) is 0 Å². The molecule has 0 aliphatic carbocycles. The molecule has 0 heterocycles. The molecular weight excluding hydrogens is 547 g/mol. The van der Waals surface area contributed by atoms with Gasteiger partial charge in [-0.2, -0.15) is 8.42 Å². The highest BCUT2D eigenvalue weighted by atomic mass is 32.2. The van der Waals surface area contributed by atoms with Crippen molar-refractivity contribution in [3.8, 4) is 11.5 Å². The van der Waals surface area contributed by atoms with Gasteiger partial charge in [0.1, 0.15) is 5.75 Å². The molecule has 1 N–H and O–H groups in total. The second kappa shape index (κ2) is 13.5. The van der Waals surface area contributed by atoms with E-state index in [-0.39, 0.29) is 23.9 Å². The Balaban J connectivity index is 2.42. The highest BCUT2D eigenvalue weighted by Gasteiger charge is 2.41. The van der Waals surface area contributed by atoms with Crippen LogP contribution >= 0.6 is 8.03 Å². The van der Waals surface area contributed by atoms with Crippen molar-refractivity contribution in [1.29, 1.82) is 0 Å². The molecule has 2 aromatic rings. The SMILES string of the molecule is CC(C)(C)C(=O)OC(OC(=O)C(C)(C)C)O[P+](=O)c1c(CCCCS(=O)(=O)O)cccc1Oc1ccccc1. The van der Waals surface area contributed by atoms with Crippen LogP contribution in [-0.2, 0) is 44.7 Å². The third kappa shape index (κ3) is 11.0. The number of carbonyl (C=O) groups is 2. The second-order valence-electron chi connectivity index (χ2n) is 10.9. The highest BCUT2D eigenvalue weighted by Crippen LogP contribution is 2.35. The lowest BCUT2D eigenvalue weighted by Crippen LogP contribution is -2.35. The number of para-hydroxylation sites is 1. The van der Waals surface area contributed by atoms with Gasteiger partial charge in [-0.15, -0.1) is 0 Å². The van der Waals surface area contributed by atoms with Crippen molar-refractivity contribution in [3.63, 3.8) is 0 Å². The van der Waals surface area contributed by atoms with E-state index >= 15 is 0 Å². The first kappa shape index (κ1) is 32.4. The Hall–Kier alpha value is -2.85. The summed E-state index contributed by atoms with van der Waals surface area (Å²) in [5, 5.41) is 0.131. The van der Waals surface area contributed by atoms with Crippen molar-refractivity contribution in [1.82, 2.24) is 0 Å². The molecule has 0 bridgehead atoms. The molecular formula is C27H36O10PS+. The van der Waals surface area contributed by atoms with E-state index in [9.17, 15) is 22.6 Å². The van der Waals surface area contributed by atoms with Gasteiger partial charge in [0.15, 0.2) is 5.75 Å². The molecule has 0 radical (unpaired) electrons. The second-order valence-corrected chi connectivity index (χ2v) is 13.6. The molecule has 0 fully saturated rings.